The Kier molecular flexibility index (Phi) is 2.09. The topological polar surface area (TPSA) is 17.1 Å². The van der Waals surface area contributed by atoms with Crippen LogP contribution in [0.1, 0.15) is 18.4 Å². The van der Waals surface area contributed by atoms with Crippen LogP contribution < -0.4 is 0 Å². The molecule has 0 unspecified atom stereocenters. The lowest BCUT2D eigenvalue weighted by Crippen LogP contribution is -2.07. The summed E-state index contributed by atoms with van der Waals surface area (Å²) < 4.78 is 0. The van der Waals surface area contributed by atoms with E-state index in [9.17, 15) is 4.79 Å². The van der Waals surface area contributed by atoms with Crippen LogP contribution in [-0.4, -0.2) is 6.29 Å². The molecule has 0 heterocycles. The minimum atomic E-state index is -0.256. The van der Waals surface area contributed by atoms with Gasteiger partial charge in [-0.25, -0.2) is 0 Å². The van der Waals surface area contributed by atoms with Crippen LogP contribution in [0, 0.1) is 0 Å². The summed E-state index contributed by atoms with van der Waals surface area (Å²) in [6, 6.07) is 5.39. The molecule has 13 heavy (non-hydrogen) atoms. The summed E-state index contributed by atoms with van der Waals surface area (Å²) in [6.45, 7) is 0. The second-order valence-corrected chi connectivity index (χ2v) is 4.22. The van der Waals surface area contributed by atoms with E-state index in [2.05, 4.69) is 0 Å². The van der Waals surface area contributed by atoms with Crippen molar-refractivity contribution in [2.45, 2.75) is 18.3 Å². The van der Waals surface area contributed by atoms with E-state index in [1.165, 1.54) is 0 Å². The molecule has 1 aromatic rings. The first kappa shape index (κ1) is 9.04. The molecule has 1 nitrogen and oxygen atoms in total. The maximum atomic E-state index is 10.8. The van der Waals surface area contributed by atoms with Gasteiger partial charge < -0.3 is 4.79 Å². The zero-order valence-corrected chi connectivity index (χ0v) is 8.40. The van der Waals surface area contributed by atoms with Crippen molar-refractivity contribution in [3.8, 4) is 0 Å². The SMILES string of the molecule is O=CC1(c2ccc(Cl)c(Cl)c2)CC1. The van der Waals surface area contributed by atoms with Gasteiger partial charge in [0.15, 0.2) is 0 Å². The standard InChI is InChI=1S/C10H8Cl2O/c11-8-2-1-7(5-9(8)12)10(6-13)3-4-10/h1-2,5-6H,3-4H2. The molecule has 1 fully saturated rings. The fourth-order valence-electron chi connectivity index (χ4n) is 1.42. The molecule has 0 N–H and O–H groups in total. The highest BCUT2D eigenvalue weighted by Gasteiger charge is 2.44. The fourth-order valence-corrected chi connectivity index (χ4v) is 1.71. The van der Waals surface area contributed by atoms with Crippen LogP contribution in [0.25, 0.3) is 0 Å². The van der Waals surface area contributed by atoms with Crippen molar-refractivity contribution in [2.24, 2.45) is 0 Å². The summed E-state index contributed by atoms with van der Waals surface area (Å²) in [5, 5.41) is 1.06. The molecule has 68 valence electrons. The number of halogens is 2. The molecule has 3 heteroatoms. The van der Waals surface area contributed by atoms with E-state index < -0.39 is 0 Å². The van der Waals surface area contributed by atoms with Gasteiger partial charge in [0.2, 0.25) is 0 Å². The summed E-state index contributed by atoms with van der Waals surface area (Å²) in [5.74, 6) is 0. The van der Waals surface area contributed by atoms with Crippen molar-refractivity contribution in [1.29, 1.82) is 0 Å². The largest absolute Gasteiger partial charge is 0.302 e. The third-order valence-corrected chi connectivity index (χ3v) is 3.25. The summed E-state index contributed by atoms with van der Waals surface area (Å²) in [5.41, 5.74) is 0.728. The molecule has 1 saturated carbocycles. The Morgan fingerprint density at radius 2 is 1.92 bits per heavy atom. The number of carbonyl (C=O) groups excluding carboxylic acids is 1. The molecule has 2 rings (SSSR count). The van der Waals surface area contributed by atoms with Gasteiger partial charge in [-0.15, -0.1) is 0 Å². The van der Waals surface area contributed by atoms with E-state index in [0.717, 1.165) is 24.7 Å². The van der Waals surface area contributed by atoms with E-state index in [-0.39, 0.29) is 5.41 Å². The van der Waals surface area contributed by atoms with Crippen molar-refractivity contribution in [3.63, 3.8) is 0 Å². The summed E-state index contributed by atoms with van der Waals surface area (Å²) in [6.07, 6.45) is 2.86. The molecule has 0 radical (unpaired) electrons. The number of rotatable bonds is 2. The molecular weight excluding hydrogens is 207 g/mol. The minimum absolute atomic E-state index is 0.256. The predicted octanol–water partition coefficient (Wildman–Crippen LogP) is 3.22. The van der Waals surface area contributed by atoms with Gasteiger partial charge in [-0.05, 0) is 30.5 Å². The molecule has 0 spiro atoms. The van der Waals surface area contributed by atoms with Gasteiger partial charge in [0.05, 0.1) is 15.5 Å². The molecule has 0 bridgehead atoms. The zero-order chi connectivity index (χ0) is 9.47. The highest BCUT2D eigenvalue weighted by molar-refractivity contribution is 6.42. The van der Waals surface area contributed by atoms with Crippen molar-refractivity contribution in [3.05, 3.63) is 33.8 Å². The Hall–Kier alpha value is -0.530. The van der Waals surface area contributed by atoms with E-state index >= 15 is 0 Å². The molecule has 0 amide bonds. The summed E-state index contributed by atoms with van der Waals surface area (Å²) >= 11 is 11.6. The van der Waals surface area contributed by atoms with E-state index in [0.29, 0.717) is 10.0 Å². The third kappa shape index (κ3) is 1.47. The van der Waals surface area contributed by atoms with Crippen molar-refractivity contribution in [1.82, 2.24) is 0 Å². The Balaban J connectivity index is 2.42. The van der Waals surface area contributed by atoms with Gasteiger partial charge >= 0.3 is 0 Å². The first-order valence-electron chi connectivity index (χ1n) is 4.10. The van der Waals surface area contributed by atoms with E-state index in [1.807, 2.05) is 6.07 Å². The number of carbonyl (C=O) groups is 1. The number of hydrogen-bond donors (Lipinski definition) is 0. The van der Waals surface area contributed by atoms with Crippen LogP contribution in [0.4, 0.5) is 0 Å². The molecular formula is C10H8Cl2O. The normalized spacial score (nSPS) is 18.3. The number of aldehydes is 1. The highest BCUT2D eigenvalue weighted by Crippen LogP contribution is 2.47. The van der Waals surface area contributed by atoms with Crippen LogP contribution >= 0.6 is 23.2 Å². The smallest absolute Gasteiger partial charge is 0.130 e. The van der Waals surface area contributed by atoms with Crippen molar-refractivity contribution >= 4 is 29.5 Å². The zero-order valence-electron chi connectivity index (χ0n) is 6.89. The van der Waals surface area contributed by atoms with Gasteiger partial charge in [-0.1, -0.05) is 29.3 Å². The van der Waals surface area contributed by atoms with Crippen molar-refractivity contribution < 1.29 is 4.79 Å². The monoisotopic (exact) mass is 214 g/mol. The van der Waals surface area contributed by atoms with Crippen LogP contribution in [0.5, 0.6) is 0 Å². The second kappa shape index (κ2) is 3.00. The fraction of sp³-hybridized carbons (Fsp3) is 0.300. The quantitative estimate of drug-likeness (QED) is 0.692. The van der Waals surface area contributed by atoms with Crippen molar-refractivity contribution in [2.75, 3.05) is 0 Å². The number of benzene rings is 1. The average molecular weight is 215 g/mol. The van der Waals surface area contributed by atoms with Gasteiger partial charge in [-0.2, -0.15) is 0 Å². The van der Waals surface area contributed by atoms with Gasteiger partial charge in [0.25, 0.3) is 0 Å². The molecule has 1 aliphatic rings. The lowest BCUT2D eigenvalue weighted by Gasteiger charge is -2.07. The molecule has 0 aliphatic heterocycles. The maximum absolute atomic E-state index is 10.8. The first-order valence-corrected chi connectivity index (χ1v) is 4.85. The Morgan fingerprint density at radius 1 is 1.23 bits per heavy atom. The lowest BCUT2D eigenvalue weighted by molar-refractivity contribution is -0.109. The maximum Gasteiger partial charge on any atom is 0.130 e. The predicted molar refractivity (Wildman–Crippen MR) is 53.4 cm³/mol. The van der Waals surface area contributed by atoms with Gasteiger partial charge in [0, 0.05) is 0 Å². The first-order chi connectivity index (χ1) is 6.18. The second-order valence-electron chi connectivity index (χ2n) is 3.40. The Bertz CT molecular complexity index is 356. The Morgan fingerprint density at radius 3 is 2.38 bits per heavy atom. The van der Waals surface area contributed by atoms with E-state index in [4.69, 9.17) is 23.2 Å². The number of hydrogen-bond acceptors (Lipinski definition) is 1. The highest BCUT2D eigenvalue weighted by atomic mass is 35.5. The molecule has 1 aliphatic carbocycles. The average Bonchev–Trinajstić information content (AvgIpc) is 2.90. The molecule has 0 atom stereocenters. The van der Waals surface area contributed by atoms with Crippen LogP contribution in [-0.2, 0) is 10.2 Å². The van der Waals surface area contributed by atoms with Crippen LogP contribution in [0.2, 0.25) is 10.0 Å². The summed E-state index contributed by atoms with van der Waals surface area (Å²) in [4.78, 5) is 10.8. The van der Waals surface area contributed by atoms with Crippen LogP contribution in [0.15, 0.2) is 18.2 Å². The lowest BCUT2D eigenvalue weighted by atomic mass is 9.98. The minimum Gasteiger partial charge on any atom is -0.302 e. The molecule has 0 aromatic heterocycles. The molecule has 1 aromatic carbocycles. The van der Waals surface area contributed by atoms with Gasteiger partial charge in [-0.3, -0.25) is 0 Å². The van der Waals surface area contributed by atoms with Crippen LogP contribution in [0.3, 0.4) is 0 Å². The van der Waals surface area contributed by atoms with E-state index in [1.54, 1.807) is 12.1 Å². The Labute approximate surface area is 86.7 Å². The van der Waals surface area contributed by atoms with Gasteiger partial charge in [0.1, 0.15) is 6.29 Å². The summed E-state index contributed by atoms with van der Waals surface area (Å²) in [7, 11) is 0. The third-order valence-electron chi connectivity index (χ3n) is 2.51. The molecule has 0 saturated heterocycles.